The van der Waals surface area contributed by atoms with Crippen molar-refractivity contribution in [3.05, 3.63) is 30.3 Å². The van der Waals surface area contributed by atoms with Gasteiger partial charge in [0.2, 0.25) is 5.88 Å². The molecule has 0 aliphatic rings. The van der Waals surface area contributed by atoms with Crippen LogP contribution in [0, 0.1) is 0 Å². The van der Waals surface area contributed by atoms with Crippen LogP contribution in [0.2, 0.25) is 0 Å². The molecule has 1 aromatic carbocycles. The van der Waals surface area contributed by atoms with Crippen LogP contribution in [-0.2, 0) is 4.79 Å². The first kappa shape index (κ1) is 13.8. The van der Waals surface area contributed by atoms with Gasteiger partial charge in [0.15, 0.2) is 0 Å². The summed E-state index contributed by atoms with van der Waals surface area (Å²) in [6, 6.07) is 8.65. The number of ether oxygens (including phenoxy) is 3. The van der Waals surface area contributed by atoms with Crippen molar-refractivity contribution < 1.29 is 19.0 Å². The lowest BCUT2D eigenvalue weighted by Crippen LogP contribution is -2.04. The molecule has 6 heteroatoms. The second-order valence-electron chi connectivity index (χ2n) is 3.92. The summed E-state index contributed by atoms with van der Waals surface area (Å²) in [5, 5.41) is 7.86. The molecule has 1 aromatic heterocycles. The van der Waals surface area contributed by atoms with Gasteiger partial charge in [0, 0.05) is 18.6 Å². The van der Waals surface area contributed by atoms with Gasteiger partial charge < -0.3 is 14.2 Å². The molecule has 2 aromatic rings. The van der Waals surface area contributed by atoms with Crippen LogP contribution >= 0.6 is 0 Å². The molecule has 0 radical (unpaired) electrons. The molecule has 0 aliphatic carbocycles. The third kappa shape index (κ3) is 3.03. The number of hydrogen-bond donors (Lipinski definition) is 0. The van der Waals surface area contributed by atoms with Crippen molar-refractivity contribution >= 4 is 5.97 Å². The maximum absolute atomic E-state index is 10.8. The highest BCUT2D eigenvalue weighted by Gasteiger charge is 2.10. The Balaban J connectivity index is 2.37. The Morgan fingerprint density at radius 3 is 2.40 bits per heavy atom. The van der Waals surface area contributed by atoms with Crippen molar-refractivity contribution in [2.75, 3.05) is 14.2 Å². The van der Waals surface area contributed by atoms with Gasteiger partial charge in [0.25, 0.3) is 0 Å². The maximum atomic E-state index is 10.8. The van der Waals surface area contributed by atoms with Crippen LogP contribution in [0.4, 0.5) is 0 Å². The van der Waals surface area contributed by atoms with Crippen molar-refractivity contribution in [2.24, 2.45) is 0 Å². The number of nitrogens with zero attached hydrogens (tertiary/aromatic N) is 2. The molecule has 0 N–H and O–H groups in total. The van der Waals surface area contributed by atoms with Gasteiger partial charge in [-0.25, -0.2) is 0 Å². The molecule has 2 rings (SSSR count). The fourth-order valence-electron chi connectivity index (χ4n) is 1.68. The quantitative estimate of drug-likeness (QED) is 0.795. The summed E-state index contributed by atoms with van der Waals surface area (Å²) in [6.07, 6.45) is 0. The average Bonchev–Trinajstić information content (AvgIpc) is 2.46. The Morgan fingerprint density at radius 2 is 1.85 bits per heavy atom. The monoisotopic (exact) mass is 274 g/mol. The number of carbonyl (C=O) groups is 1. The first-order chi connectivity index (χ1) is 9.63. The van der Waals surface area contributed by atoms with E-state index < -0.39 is 5.97 Å². The number of aromatic nitrogens is 2. The number of methoxy groups -OCH3 is 2. The van der Waals surface area contributed by atoms with E-state index >= 15 is 0 Å². The highest BCUT2D eigenvalue weighted by molar-refractivity contribution is 5.70. The van der Waals surface area contributed by atoms with E-state index in [1.807, 2.05) is 0 Å². The molecule has 0 bridgehead atoms. The summed E-state index contributed by atoms with van der Waals surface area (Å²) >= 11 is 0. The zero-order valence-corrected chi connectivity index (χ0v) is 11.4. The summed E-state index contributed by atoms with van der Waals surface area (Å²) in [4.78, 5) is 10.8. The number of carbonyl (C=O) groups excluding carboxylic acids is 1. The van der Waals surface area contributed by atoms with E-state index in [1.165, 1.54) is 6.92 Å². The summed E-state index contributed by atoms with van der Waals surface area (Å²) in [7, 11) is 3.16. The molecule has 0 spiro atoms. The zero-order chi connectivity index (χ0) is 14.5. The van der Waals surface area contributed by atoms with Gasteiger partial charge in [-0.15, -0.1) is 10.2 Å². The van der Waals surface area contributed by atoms with Gasteiger partial charge in [0.05, 0.1) is 19.9 Å². The molecule has 0 saturated heterocycles. The largest absolute Gasteiger partial charge is 0.497 e. The molecule has 0 amide bonds. The summed E-state index contributed by atoms with van der Waals surface area (Å²) in [6.45, 7) is 1.31. The van der Waals surface area contributed by atoms with E-state index in [4.69, 9.17) is 14.2 Å². The standard InChI is InChI=1S/C14H14N2O4/c1-9(17)20-14-7-5-12(15-16-14)11-8-10(18-2)4-6-13(11)19-3/h4-8H,1-3H3. The molecule has 0 atom stereocenters. The van der Waals surface area contributed by atoms with Crippen molar-refractivity contribution in [2.45, 2.75) is 6.92 Å². The maximum Gasteiger partial charge on any atom is 0.309 e. The Kier molecular flexibility index (Phi) is 4.14. The number of rotatable bonds is 4. The minimum absolute atomic E-state index is 0.156. The molecule has 0 aliphatic heterocycles. The topological polar surface area (TPSA) is 70.5 Å². The van der Waals surface area contributed by atoms with Crippen molar-refractivity contribution in [3.63, 3.8) is 0 Å². The van der Waals surface area contributed by atoms with Crippen molar-refractivity contribution in [1.82, 2.24) is 10.2 Å². The minimum atomic E-state index is -0.439. The van der Waals surface area contributed by atoms with Crippen molar-refractivity contribution in [1.29, 1.82) is 0 Å². The SMILES string of the molecule is COc1ccc(OC)c(-c2ccc(OC(C)=O)nn2)c1. The van der Waals surface area contributed by atoms with E-state index in [9.17, 15) is 4.79 Å². The molecule has 0 unspecified atom stereocenters. The van der Waals surface area contributed by atoms with Gasteiger partial charge in [-0.1, -0.05) is 0 Å². The second kappa shape index (κ2) is 6.01. The third-order valence-electron chi connectivity index (χ3n) is 2.57. The van der Waals surface area contributed by atoms with Crippen LogP contribution < -0.4 is 14.2 Å². The molecule has 104 valence electrons. The van der Waals surface area contributed by atoms with E-state index in [2.05, 4.69) is 10.2 Å². The van der Waals surface area contributed by atoms with Gasteiger partial charge in [-0.2, -0.15) is 0 Å². The first-order valence-electron chi connectivity index (χ1n) is 5.88. The van der Waals surface area contributed by atoms with Gasteiger partial charge in [-0.3, -0.25) is 4.79 Å². The summed E-state index contributed by atoms with van der Waals surface area (Å²) in [5.74, 6) is 1.06. The normalized spacial score (nSPS) is 9.95. The predicted molar refractivity (Wildman–Crippen MR) is 71.9 cm³/mol. The Morgan fingerprint density at radius 1 is 1.05 bits per heavy atom. The van der Waals surface area contributed by atoms with Gasteiger partial charge in [0.1, 0.15) is 11.5 Å². The highest BCUT2D eigenvalue weighted by Crippen LogP contribution is 2.32. The lowest BCUT2D eigenvalue weighted by Gasteiger charge is -2.09. The van der Waals surface area contributed by atoms with Crippen LogP contribution in [0.1, 0.15) is 6.92 Å². The second-order valence-corrected chi connectivity index (χ2v) is 3.92. The van der Waals surface area contributed by atoms with E-state index in [-0.39, 0.29) is 5.88 Å². The Bertz CT molecular complexity index is 611. The molecular formula is C14H14N2O4. The molecule has 1 heterocycles. The van der Waals surface area contributed by atoms with Crippen molar-refractivity contribution in [3.8, 4) is 28.6 Å². The molecular weight excluding hydrogens is 260 g/mol. The minimum Gasteiger partial charge on any atom is -0.497 e. The molecule has 6 nitrogen and oxygen atoms in total. The highest BCUT2D eigenvalue weighted by atomic mass is 16.5. The smallest absolute Gasteiger partial charge is 0.309 e. The van der Waals surface area contributed by atoms with Crippen LogP contribution in [0.5, 0.6) is 17.4 Å². The fraction of sp³-hybridized carbons (Fsp3) is 0.214. The third-order valence-corrected chi connectivity index (χ3v) is 2.57. The van der Waals surface area contributed by atoms with Crippen LogP contribution in [0.15, 0.2) is 30.3 Å². The zero-order valence-electron chi connectivity index (χ0n) is 11.4. The number of hydrogen-bond acceptors (Lipinski definition) is 6. The fourth-order valence-corrected chi connectivity index (χ4v) is 1.68. The number of esters is 1. The van der Waals surface area contributed by atoms with E-state index in [0.717, 1.165) is 5.56 Å². The van der Waals surface area contributed by atoms with Gasteiger partial charge >= 0.3 is 5.97 Å². The van der Waals surface area contributed by atoms with Gasteiger partial charge in [-0.05, 0) is 24.3 Å². The number of benzene rings is 1. The molecule has 0 saturated carbocycles. The van der Waals surface area contributed by atoms with E-state index in [1.54, 1.807) is 44.6 Å². The van der Waals surface area contributed by atoms with Crippen LogP contribution in [0.25, 0.3) is 11.3 Å². The summed E-state index contributed by atoms with van der Waals surface area (Å²) < 4.78 is 15.3. The lowest BCUT2D eigenvalue weighted by molar-refractivity contribution is -0.132. The predicted octanol–water partition coefficient (Wildman–Crippen LogP) is 2.09. The lowest BCUT2D eigenvalue weighted by atomic mass is 10.1. The van der Waals surface area contributed by atoms with Crippen LogP contribution in [0.3, 0.4) is 0 Å². The summed E-state index contributed by atoms with van der Waals surface area (Å²) in [5.41, 5.74) is 1.34. The molecule has 0 fully saturated rings. The molecule has 20 heavy (non-hydrogen) atoms. The van der Waals surface area contributed by atoms with E-state index in [0.29, 0.717) is 17.2 Å². The Labute approximate surface area is 116 Å². The Hall–Kier alpha value is -2.63. The average molecular weight is 274 g/mol. The van der Waals surface area contributed by atoms with Crippen LogP contribution in [-0.4, -0.2) is 30.4 Å². The first-order valence-corrected chi connectivity index (χ1v) is 5.88.